The molecule has 0 saturated carbocycles. The number of para-hydroxylation sites is 2. The van der Waals surface area contributed by atoms with Gasteiger partial charge in [0.05, 0.1) is 0 Å². The quantitative estimate of drug-likeness (QED) is 0.861. The zero-order chi connectivity index (χ0) is 14.0. The molecule has 0 radical (unpaired) electrons. The highest BCUT2D eigenvalue weighted by Gasteiger charge is 2.20. The van der Waals surface area contributed by atoms with Crippen LogP contribution in [0.15, 0.2) is 36.4 Å². The van der Waals surface area contributed by atoms with E-state index in [1.165, 1.54) is 0 Å². The van der Waals surface area contributed by atoms with Crippen molar-refractivity contribution in [2.75, 3.05) is 0 Å². The van der Waals surface area contributed by atoms with Gasteiger partial charge in [-0.15, -0.1) is 0 Å². The standard InChI is InChI=1S/C17H20O2/c1-4-13(14-9-5-7-11(2)16(14)18)15-10-6-8-12(3)17(15)19/h5-10,13,18-19H,4H2,1-3H3. The molecule has 0 aliphatic carbocycles. The summed E-state index contributed by atoms with van der Waals surface area (Å²) in [5.74, 6) is 0.672. The summed E-state index contributed by atoms with van der Waals surface area (Å²) in [6.07, 6.45) is 0.827. The molecule has 2 nitrogen and oxygen atoms in total. The summed E-state index contributed by atoms with van der Waals surface area (Å²) >= 11 is 0. The molecule has 0 heterocycles. The van der Waals surface area contributed by atoms with E-state index in [4.69, 9.17) is 0 Å². The summed E-state index contributed by atoms with van der Waals surface area (Å²) in [7, 11) is 0. The number of hydrogen-bond donors (Lipinski definition) is 2. The first-order valence-corrected chi connectivity index (χ1v) is 6.63. The maximum absolute atomic E-state index is 10.2. The molecular formula is C17H20O2. The lowest BCUT2D eigenvalue weighted by atomic mass is 9.86. The first-order chi connectivity index (χ1) is 9.06. The Labute approximate surface area is 114 Å². The average molecular weight is 256 g/mol. The molecule has 2 rings (SSSR count). The topological polar surface area (TPSA) is 40.5 Å². The second kappa shape index (κ2) is 5.35. The van der Waals surface area contributed by atoms with Crippen molar-refractivity contribution in [2.45, 2.75) is 33.1 Å². The SMILES string of the molecule is CCC(c1cccc(C)c1O)c1cccc(C)c1O. The minimum absolute atomic E-state index is 0.0137. The average Bonchev–Trinajstić information content (AvgIpc) is 2.40. The second-order valence-corrected chi connectivity index (χ2v) is 4.99. The Hall–Kier alpha value is -1.96. The van der Waals surface area contributed by atoms with Crippen LogP contribution in [0.2, 0.25) is 0 Å². The smallest absolute Gasteiger partial charge is 0.122 e. The third-order valence-corrected chi connectivity index (χ3v) is 3.70. The number of phenolic OH excluding ortho intramolecular Hbond substituents is 2. The Morgan fingerprint density at radius 2 is 1.26 bits per heavy atom. The van der Waals surface area contributed by atoms with Gasteiger partial charge in [-0.3, -0.25) is 0 Å². The molecule has 0 aliphatic heterocycles. The number of aromatic hydroxyl groups is 2. The van der Waals surface area contributed by atoms with Crippen molar-refractivity contribution < 1.29 is 10.2 Å². The monoisotopic (exact) mass is 256 g/mol. The zero-order valence-corrected chi connectivity index (χ0v) is 11.6. The second-order valence-electron chi connectivity index (χ2n) is 4.99. The van der Waals surface area contributed by atoms with Gasteiger partial charge in [0.1, 0.15) is 11.5 Å². The predicted molar refractivity (Wildman–Crippen MR) is 77.8 cm³/mol. The number of hydrogen-bond acceptors (Lipinski definition) is 2. The van der Waals surface area contributed by atoms with Crippen molar-refractivity contribution in [3.8, 4) is 11.5 Å². The first kappa shape index (κ1) is 13.5. The summed E-state index contributed by atoms with van der Waals surface area (Å²) in [6, 6.07) is 11.5. The fraction of sp³-hybridized carbons (Fsp3) is 0.294. The van der Waals surface area contributed by atoms with Crippen LogP contribution < -0.4 is 0 Å². The molecule has 0 aromatic heterocycles. The van der Waals surface area contributed by atoms with E-state index in [0.717, 1.165) is 28.7 Å². The largest absolute Gasteiger partial charge is 0.507 e. The van der Waals surface area contributed by atoms with E-state index in [2.05, 4.69) is 6.92 Å². The molecule has 0 spiro atoms. The molecule has 19 heavy (non-hydrogen) atoms. The van der Waals surface area contributed by atoms with Crippen molar-refractivity contribution in [3.63, 3.8) is 0 Å². The van der Waals surface area contributed by atoms with Crippen molar-refractivity contribution in [3.05, 3.63) is 58.7 Å². The molecule has 0 fully saturated rings. The minimum Gasteiger partial charge on any atom is -0.507 e. The van der Waals surface area contributed by atoms with Crippen LogP contribution in [-0.2, 0) is 0 Å². The maximum atomic E-state index is 10.2. The van der Waals surface area contributed by atoms with Crippen LogP contribution in [0.25, 0.3) is 0 Å². The van der Waals surface area contributed by atoms with E-state index < -0.39 is 0 Å². The lowest BCUT2D eigenvalue weighted by molar-refractivity contribution is 0.448. The van der Waals surface area contributed by atoms with E-state index in [0.29, 0.717) is 11.5 Å². The highest BCUT2D eigenvalue weighted by molar-refractivity contribution is 5.50. The molecule has 0 atom stereocenters. The molecule has 0 unspecified atom stereocenters. The van der Waals surface area contributed by atoms with Gasteiger partial charge in [-0.2, -0.15) is 0 Å². The first-order valence-electron chi connectivity index (χ1n) is 6.63. The maximum Gasteiger partial charge on any atom is 0.122 e. The molecule has 2 aromatic carbocycles. The summed E-state index contributed by atoms with van der Waals surface area (Å²) in [5.41, 5.74) is 3.48. The Balaban J connectivity index is 2.57. The summed E-state index contributed by atoms with van der Waals surface area (Å²) in [6.45, 7) is 5.84. The van der Waals surface area contributed by atoms with Gasteiger partial charge in [0.2, 0.25) is 0 Å². The molecule has 100 valence electrons. The Morgan fingerprint density at radius 1 is 0.842 bits per heavy atom. The Kier molecular flexibility index (Phi) is 3.79. The molecule has 0 amide bonds. The van der Waals surface area contributed by atoms with Gasteiger partial charge in [-0.05, 0) is 31.4 Å². The summed E-state index contributed by atoms with van der Waals surface area (Å²) in [4.78, 5) is 0. The van der Waals surface area contributed by atoms with Gasteiger partial charge in [0, 0.05) is 17.0 Å². The third kappa shape index (κ3) is 2.43. The molecule has 2 N–H and O–H groups in total. The number of phenols is 2. The highest BCUT2D eigenvalue weighted by Crippen LogP contribution is 2.39. The van der Waals surface area contributed by atoms with Crippen LogP contribution in [0.1, 0.15) is 41.5 Å². The minimum atomic E-state index is 0.0137. The van der Waals surface area contributed by atoms with Gasteiger partial charge in [0.25, 0.3) is 0 Å². The van der Waals surface area contributed by atoms with E-state index in [9.17, 15) is 10.2 Å². The fourth-order valence-electron chi connectivity index (χ4n) is 2.53. The van der Waals surface area contributed by atoms with Crippen molar-refractivity contribution in [1.29, 1.82) is 0 Å². The van der Waals surface area contributed by atoms with Crippen LogP contribution in [0.3, 0.4) is 0 Å². The third-order valence-electron chi connectivity index (χ3n) is 3.70. The van der Waals surface area contributed by atoms with Gasteiger partial charge in [-0.1, -0.05) is 43.3 Å². The summed E-state index contributed by atoms with van der Waals surface area (Å²) in [5, 5.41) is 20.5. The van der Waals surface area contributed by atoms with E-state index >= 15 is 0 Å². The Bertz CT molecular complexity index is 536. The van der Waals surface area contributed by atoms with Gasteiger partial charge in [-0.25, -0.2) is 0 Å². The zero-order valence-electron chi connectivity index (χ0n) is 11.6. The van der Waals surface area contributed by atoms with Crippen molar-refractivity contribution in [1.82, 2.24) is 0 Å². The van der Waals surface area contributed by atoms with Crippen LogP contribution in [0.5, 0.6) is 11.5 Å². The molecule has 0 aliphatic rings. The lowest BCUT2D eigenvalue weighted by Crippen LogP contribution is -2.02. The number of rotatable bonds is 3. The number of benzene rings is 2. The van der Waals surface area contributed by atoms with E-state index in [1.807, 2.05) is 50.2 Å². The van der Waals surface area contributed by atoms with Crippen LogP contribution in [0.4, 0.5) is 0 Å². The van der Waals surface area contributed by atoms with Crippen LogP contribution in [-0.4, -0.2) is 10.2 Å². The van der Waals surface area contributed by atoms with Crippen LogP contribution >= 0.6 is 0 Å². The molecule has 0 bridgehead atoms. The van der Waals surface area contributed by atoms with Crippen molar-refractivity contribution in [2.24, 2.45) is 0 Å². The van der Waals surface area contributed by atoms with Crippen molar-refractivity contribution >= 4 is 0 Å². The normalized spacial score (nSPS) is 10.9. The fourth-order valence-corrected chi connectivity index (χ4v) is 2.53. The molecule has 2 aromatic rings. The number of aryl methyl sites for hydroxylation is 2. The van der Waals surface area contributed by atoms with Crippen LogP contribution in [0, 0.1) is 13.8 Å². The predicted octanol–water partition coefficient (Wildman–Crippen LogP) is 4.26. The Morgan fingerprint density at radius 3 is 1.63 bits per heavy atom. The van der Waals surface area contributed by atoms with E-state index in [-0.39, 0.29) is 5.92 Å². The van der Waals surface area contributed by atoms with Gasteiger partial charge >= 0.3 is 0 Å². The van der Waals surface area contributed by atoms with Gasteiger partial charge < -0.3 is 10.2 Å². The molecular weight excluding hydrogens is 236 g/mol. The van der Waals surface area contributed by atoms with Gasteiger partial charge in [0.15, 0.2) is 0 Å². The molecule has 2 heteroatoms. The van der Waals surface area contributed by atoms with E-state index in [1.54, 1.807) is 0 Å². The lowest BCUT2D eigenvalue weighted by Gasteiger charge is -2.20. The summed E-state index contributed by atoms with van der Waals surface area (Å²) < 4.78 is 0. The highest BCUT2D eigenvalue weighted by atomic mass is 16.3. The molecule has 0 saturated heterocycles.